The summed E-state index contributed by atoms with van der Waals surface area (Å²) in [6.45, 7) is 2.59. The van der Waals surface area contributed by atoms with Crippen molar-refractivity contribution >= 4 is 5.97 Å². The van der Waals surface area contributed by atoms with Crippen LogP contribution in [0.2, 0.25) is 0 Å². The number of hydrogen-bond acceptors (Lipinski definition) is 7. The van der Waals surface area contributed by atoms with Crippen molar-refractivity contribution in [1.82, 2.24) is 10.1 Å². The van der Waals surface area contributed by atoms with Crippen LogP contribution in [-0.2, 0) is 9.47 Å². The summed E-state index contributed by atoms with van der Waals surface area (Å²) in [6.07, 6.45) is 1.44. The summed E-state index contributed by atoms with van der Waals surface area (Å²) in [5.74, 6) is -0.459. The normalized spacial score (nSPS) is 12.4. The number of nitrogens with zero attached hydrogens (tertiary/aromatic N) is 2. The summed E-state index contributed by atoms with van der Waals surface area (Å²) in [5.41, 5.74) is 5.82. The molecule has 7 nitrogen and oxygen atoms in total. The standard InChI is InChI=1S/C10H17N3O4/c1-3-16-10(14)8-12-9(17-13-8)7(11)5-4-6-15-2/h7H,3-6,11H2,1-2H3. The predicted octanol–water partition coefficient (Wildman–Crippen LogP) is 0.673. The maximum atomic E-state index is 11.3. The molecule has 7 heteroatoms. The van der Waals surface area contributed by atoms with Gasteiger partial charge in [-0.05, 0) is 24.9 Å². The number of hydrogen-bond donors (Lipinski definition) is 1. The van der Waals surface area contributed by atoms with Crippen molar-refractivity contribution in [2.24, 2.45) is 5.73 Å². The van der Waals surface area contributed by atoms with Gasteiger partial charge >= 0.3 is 5.97 Å². The molecule has 0 bridgehead atoms. The molecule has 0 amide bonds. The number of esters is 1. The van der Waals surface area contributed by atoms with Crippen LogP contribution in [0.3, 0.4) is 0 Å². The quantitative estimate of drug-likeness (QED) is 0.554. The summed E-state index contributed by atoms with van der Waals surface area (Å²) in [6, 6.07) is -0.388. The maximum Gasteiger partial charge on any atom is 0.379 e. The van der Waals surface area contributed by atoms with Gasteiger partial charge in [-0.15, -0.1) is 0 Å². The molecule has 1 atom stereocenters. The first kappa shape index (κ1) is 13.6. The van der Waals surface area contributed by atoms with E-state index in [1.54, 1.807) is 14.0 Å². The number of rotatable bonds is 7. The van der Waals surface area contributed by atoms with E-state index in [9.17, 15) is 4.79 Å². The molecule has 1 rings (SSSR count). The van der Waals surface area contributed by atoms with Gasteiger partial charge in [-0.1, -0.05) is 0 Å². The minimum absolute atomic E-state index is 0.0935. The van der Waals surface area contributed by atoms with Gasteiger partial charge in [-0.2, -0.15) is 4.98 Å². The highest BCUT2D eigenvalue weighted by atomic mass is 16.5. The van der Waals surface area contributed by atoms with E-state index in [0.29, 0.717) is 13.0 Å². The van der Waals surface area contributed by atoms with Gasteiger partial charge in [0.05, 0.1) is 12.6 Å². The average molecular weight is 243 g/mol. The van der Waals surface area contributed by atoms with Gasteiger partial charge in [0.1, 0.15) is 0 Å². The molecule has 0 aliphatic rings. The van der Waals surface area contributed by atoms with Crippen molar-refractivity contribution < 1.29 is 18.8 Å². The number of ether oxygens (including phenoxy) is 2. The zero-order valence-corrected chi connectivity index (χ0v) is 10.0. The van der Waals surface area contributed by atoms with Crippen LogP contribution in [0.4, 0.5) is 0 Å². The highest BCUT2D eigenvalue weighted by Gasteiger charge is 2.19. The Balaban J connectivity index is 2.51. The largest absolute Gasteiger partial charge is 0.460 e. The van der Waals surface area contributed by atoms with Gasteiger partial charge in [-0.3, -0.25) is 0 Å². The van der Waals surface area contributed by atoms with Crippen LogP contribution in [0, 0.1) is 0 Å². The number of methoxy groups -OCH3 is 1. The molecule has 0 saturated carbocycles. The molecule has 0 radical (unpaired) electrons. The van der Waals surface area contributed by atoms with Gasteiger partial charge in [0, 0.05) is 13.7 Å². The van der Waals surface area contributed by atoms with Crippen molar-refractivity contribution in [2.75, 3.05) is 20.3 Å². The van der Waals surface area contributed by atoms with E-state index >= 15 is 0 Å². The molecular weight excluding hydrogens is 226 g/mol. The Kier molecular flexibility index (Phi) is 5.58. The molecule has 0 aromatic carbocycles. The predicted molar refractivity (Wildman–Crippen MR) is 58.3 cm³/mol. The van der Waals surface area contributed by atoms with E-state index in [1.165, 1.54) is 0 Å². The number of nitrogens with two attached hydrogens (primary N) is 1. The first-order chi connectivity index (χ1) is 8.19. The maximum absolute atomic E-state index is 11.3. The molecule has 17 heavy (non-hydrogen) atoms. The highest BCUT2D eigenvalue weighted by Crippen LogP contribution is 2.13. The number of aromatic nitrogens is 2. The second-order valence-electron chi connectivity index (χ2n) is 3.42. The second kappa shape index (κ2) is 6.97. The van der Waals surface area contributed by atoms with Gasteiger partial charge in [0.25, 0.3) is 5.82 Å². The van der Waals surface area contributed by atoms with Gasteiger partial charge in [0.2, 0.25) is 5.89 Å². The monoisotopic (exact) mass is 243 g/mol. The van der Waals surface area contributed by atoms with Crippen LogP contribution < -0.4 is 5.73 Å². The first-order valence-electron chi connectivity index (χ1n) is 5.44. The molecular formula is C10H17N3O4. The Hall–Kier alpha value is -1.47. The zero-order chi connectivity index (χ0) is 12.7. The third-order valence-corrected chi connectivity index (χ3v) is 2.08. The Morgan fingerprint density at radius 3 is 3.00 bits per heavy atom. The molecule has 0 spiro atoms. The molecule has 96 valence electrons. The van der Waals surface area contributed by atoms with Gasteiger partial charge in [-0.25, -0.2) is 4.79 Å². The van der Waals surface area contributed by atoms with Crippen LogP contribution in [0.25, 0.3) is 0 Å². The average Bonchev–Trinajstić information content (AvgIpc) is 2.79. The van der Waals surface area contributed by atoms with E-state index in [4.69, 9.17) is 19.7 Å². The molecule has 1 aromatic rings. The minimum atomic E-state index is -0.605. The van der Waals surface area contributed by atoms with E-state index in [1.807, 2.05) is 0 Å². The third-order valence-electron chi connectivity index (χ3n) is 2.08. The fourth-order valence-electron chi connectivity index (χ4n) is 1.24. The van der Waals surface area contributed by atoms with E-state index < -0.39 is 5.97 Å². The van der Waals surface area contributed by atoms with Crippen molar-refractivity contribution in [2.45, 2.75) is 25.8 Å². The van der Waals surface area contributed by atoms with Crippen LogP contribution >= 0.6 is 0 Å². The lowest BCUT2D eigenvalue weighted by Gasteiger charge is -2.04. The van der Waals surface area contributed by atoms with E-state index in [0.717, 1.165) is 6.42 Å². The molecule has 0 aliphatic carbocycles. The lowest BCUT2D eigenvalue weighted by atomic mass is 10.2. The Morgan fingerprint density at radius 1 is 1.59 bits per heavy atom. The first-order valence-corrected chi connectivity index (χ1v) is 5.44. The lowest BCUT2D eigenvalue weighted by molar-refractivity contribution is 0.0508. The smallest absolute Gasteiger partial charge is 0.379 e. The SMILES string of the molecule is CCOC(=O)c1noc(C(N)CCCOC)n1. The fraction of sp³-hybridized carbons (Fsp3) is 0.700. The van der Waals surface area contributed by atoms with Gasteiger partial charge < -0.3 is 19.7 Å². The van der Waals surface area contributed by atoms with Crippen LogP contribution in [-0.4, -0.2) is 36.4 Å². The number of carbonyl (C=O) groups excluding carboxylic acids is 1. The Bertz CT molecular complexity index is 353. The fourth-order valence-corrected chi connectivity index (χ4v) is 1.24. The summed E-state index contributed by atoms with van der Waals surface area (Å²) in [7, 11) is 1.62. The van der Waals surface area contributed by atoms with Crippen LogP contribution in [0.5, 0.6) is 0 Å². The summed E-state index contributed by atoms with van der Waals surface area (Å²) in [4.78, 5) is 15.2. The van der Waals surface area contributed by atoms with Crippen LogP contribution in [0.1, 0.15) is 42.3 Å². The Morgan fingerprint density at radius 2 is 2.35 bits per heavy atom. The van der Waals surface area contributed by atoms with Crippen molar-refractivity contribution in [1.29, 1.82) is 0 Å². The zero-order valence-electron chi connectivity index (χ0n) is 10.0. The second-order valence-corrected chi connectivity index (χ2v) is 3.42. The van der Waals surface area contributed by atoms with Gasteiger partial charge in [0.15, 0.2) is 0 Å². The summed E-state index contributed by atoms with van der Waals surface area (Å²) in [5, 5.41) is 3.51. The molecule has 0 saturated heterocycles. The molecule has 0 aliphatic heterocycles. The summed E-state index contributed by atoms with van der Waals surface area (Å²) < 4.78 is 14.5. The summed E-state index contributed by atoms with van der Waals surface area (Å²) >= 11 is 0. The molecule has 1 unspecified atom stereocenters. The van der Waals surface area contributed by atoms with E-state index in [2.05, 4.69) is 10.1 Å². The highest BCUT2D eigenvalue weighted by molar-refractivity contribution is 5.84. The van der Waals surface area contributed by atoms with Crippen LogP contribution in [0.15, 0.2) is 4.52 Å². The molecule has 0 fully saturated rings. The Labute approximate surface area is 99.3 Å². The molecule has 1 heterocycles. The van der Waals surface area contributed by atoms with E-state index in [-0.39, 0.29) is 24.4 Å². The van der Waals surface area contributed by atoms with Crippen molar-refractivity contribution in [3.63, 3.8) is 0 Å². The number of carbonyl (C=O) groups is 1. The molecule has 2 N–H and O–H groups in total. The lowest BCUT2D eigenvalue weighted by Crippen LogP contribution is -2.12. The van der Waals surface area contributed by atoms with Crippen molar-refractivity contribution in [3.05, 3.63) is 11.7 Å². The topological polar surface area (TPSA) is 100 Å². The molecule has 1 aromatic heterocycles. The third kappa shape index (κ3) is 4.12. The van der Waals surface area contributed by atoms with Crippen molar-refractivity contribution in [3.8, 4) is 0 Å². The minimum Gasteiger partial charge on any atom is -0.460 e.